The van der Waals surface area contributed by atoms with E-state index in [2.05, 4.69) is 15.5 Å². The Morgan fingerprint density at radius 3 is 2.52 bits per heavy atom. The van der Waals surface area contributed by atoms with E-state index in [0.29, 0.717) is 15.5 Å². The number of nitrogens with zero attached hydrogens (tertiary/aromatic N) is 2. The summed E-state index contributed by atoms with van der Waals surface area (Å²) in [6.45, 7) is 1.97. The molecule has 0 unspecified atom stereocenters. The van der Waals surface area contributed by atoms with Crippen molar-refractivity contribution >= 4 is 32.5 Å². The van der Waals surface area contributed by atoms with Gasteiger partial charge in [0.2, 0.25) is 0 Å². The first-order chi connectivity index (χ1) is 9.89. The van der Waals surface area contributed by atoms with Crippen LogP contribution < -0.4 is 0 Å². The number of benzene rings is 1. The summed E-state index contributed by atoms with van der Waals surface area (Å²) in [5, 5.41) is 13.2. The van der Waals surface area contributed by atoms with Gasteiger partial charge in [-0.05, 0) is 24.6 Å². The molecular formula is C14H12N2O3S2. The zero-order valence-corrected chi connectivity index (χ0v) is 13.0. The van der Waals surface area contributed by atoms with Crippen LogP contribution in [-0.4, -0.2) is 19.7 Å². The molecule has 0 N–H and O–H groups in total. The van der Waals surface area contributed by atoms with Crippen molar-refractivity contribution in [2.45, 2.75) is 6.92 Å². The van der Waals surface area contributed by atoms with E-state index in [-0.39, 0.29) is 0 Å². The van der Waals surface area contributed by atoms with Gasteiger partial charge in [0.1, 0.15) is 11.1 Å². The summed E-state index contributed by atoms with van der Waals surface area (Å²) in [4.78, 5) is 0.706. The fourth-order valence-electron chi connectivity index (χ4n) is 1.60. The number of oxime groups is 1. The molecule has 7 heteroatoms. The Morgan fingerprint density at radius 2 is 1.95 bits per heavy atom. The highest BCUT2D eigenvalue weighted by Crippen LogP contribution is 2.33. The second-order valence-electron chi connectivity index (χ2n) is 4.36. The molecule has 0 aliphatic carbocycles. The Morgan fingerprint density at radius 1 is 1.29 bits per heavy atom. The van der Waals surface area contributed by atoms with Gasteiger partial charge < -0.3 is 0 Å². The van der Waals surface area contributed by atoms with Crippen LogP contribution in [0, 0.1) is 18.3 Å². The summed E-state index contributed by atoms with van der Waals surface area (Å²) < 4.78 is 26.2. The van der Waals surface area contributed by atoms with Crippen molar-refractivity contribution in [2.75, 3.05) is 6.26 Å². The summed E-state index contributed by atoms with van der Waals surface area (Å²) in [7, 11) is -3.63. The average molecular weight is 320 g/mol. The smallest absolute Gasteiger partial charge is 0.268 e. The van der Waals surface area contributed by atoms with Crippen molar-refractivity contribution in [2.24, 2.45) is 5.16 Å². The second-order valence-corrected chi connectivity index (χ2v) is 6.98. The number of aryl methyl sites for hydroxylation is 1. The largest absolute Gasteiger partial charge is 0.325 e. The van der Waals surface area contributed by atoms with Gasteiger partial charge in [0.05, 0.1) is 11.8 Å². The van der Waals surface area contributed by atoms with E-state index in [1.54, 1.807) is 12.2 Å². The molecule has 0 amide bonds. The number of rotatable bonds is 3. The monoisotopic (exact) mass is 320 g/mol. The molecule has 0 radical (unpaired) electrons. The van der Waals surface area contributed by atoms with Crippen LogP contribution in [0.15, 0.2) is 46.5 Å². The number of hydrogen-bond donors (Lipinski definition) is 0. The van der Waals surface area contributed by atoms with Crippen molar-refractivity contribution in [3.05, 3.63) is 52.4 Å². The Hall–Kier alpha value is -2.04. The normalized spacial score (nSPS) is 18.6. The van der Waals surface area contributed by atoms with Crippen molar-refractivity contribution in [1.82, 2.24) is 0 Å². The molecular weight excluding hydrogens is 308 g/mol. The highest BCUT2D eigenvalue weighted by molar-refractivity contribution is 8.18. The van der Waals surface area contributed by atoms with Crippen molar-refractivity contribution in [3.63, 3.8) is 0 Å². The molecule has 0 saturated heterocycles. The lowest BCUT2D eigenvalue weighted by molar-refractivity contribution is 0.345. The van der Waals surface area contributed by atoms with Crippen LogP contribution in [0.2, 0.25) is 0 Å². The summed E-state index contributed by atoms with van der Waals surface area (Å²) >= 11 is 1.19. The highest BCUT2D eigenvalue weighted by atomic mass is 32.2. The third kappa shape index (κ3) is 4.21. The van der Waals surface area contributed by atoms with E-state index in [1.807, 2.05) is 31.2 Å². The topological polar surface area (TPSA) is 79.5 Å². The lowest BCUT2D eigenvalue weighted by Crippen LogP contribution is -1.98. The molecule has 0 aromatic heterocycles. The molecule has 0 spiro atoms. The first-order valence-corrected chi connectivity index (χ1v) is 8.56. The third-order valence-corrected chi connectivity index (χ3v) is 3.88. The molecule has 1 aromatic carbocycles. The van der Waals surface area contributed by atoms with Gasteiger partial charge in [-0.2, -0.15) is 13.7 Å². The predicted octanol–water partition coefficient (Wildman–Crippen LogP) is 2.82. The van der Waals surface area contributed by atoms with Crippen LogP contribution >= 0.6 is 11.8 Å². The zero-order chi connectivity index (χ0) is 15.5. The van der Waals surface area contributed by atoms with Gasteiger partial charge in [-0.1, -0.05) is 46.7 Å². The first-order valence-electron chi connectivity index (χ1n) is 5.93. The van der Waals surface area contributed by atoms with E-state index in [1.165, 1.54) is 11.8 Å². The van der Waals surface area contributed by atoms with E-state index in [4.69, 9.17) is 0 Å². The van der Waals surface area contributed by atoms with Gasteiger partial charge in [-0.15, -0.1) is 0 Å². The maximum atomic E-state index is 10.9. The van der Waals surface area contributed by atoms with Gasteiger partial charge in [0.15, 0.2) is 0 Å². The number of nitriles is 1. The summed E-state index contributed by atoms with van der Waals surface area (Å²) in [6, 6.07) is 9.77. The van der Waals surface area contributed by atoms with E-state index >= 15 is 0 Å². The molecule has 0 bridgehead atoms. The maximum Gasteiger partial charge on any atom is 0.325 e. The minimum absolute atomic E-state index is 0.385. The lowest BCUT2D eigenvalue weighted by Gasteiger charge is -2.03. The van der Waals surface area contributed by atoms with Crippen molar-refractivity contribution < 1.29 is 12.7 Å². The minimum atomic E-state index is -3.63. The van der Waals surface area contributed by atoms with Crippen LogP contribution in [0.1, 0.15) is 11.1 Å². The minimum Gasteiger partial charge on any atom is -0.268 e. The molecule has 2 rings (SSSR count). The zero-order valence-electron chi connectivity index (χ0n) is 11.4. The van der Waals surface area contributed by atoms with Gasteiger partial charge >= 0.3 is 10.1 Å². The second kappa shape index (κ2) is 6.16. The summed E-state index contributed by atoms with van der Waals surface area (Å²) in [6.07, 6.45) is 4.24. The SMILES string of the molecule is Cc1ccc(/C(C#N)=C2C=C/C(=N\OS(C)(=O)=O)S/2)cc1. The highest BCUT2D eigenvalue weighted by Gasteiger charge is 2.16. The van der Waals surface area contributed by atoms with Crippen LogP contribution in [0.25, 0.3) is 5.57 Å². The Bertz CT molecular complexity index is 783. The molecule has 0 saturated carbocycles. The quantitative estimate of drug-likeness (QED) is 0.632. The molecule has 0 fully saturated rings. The number of allylic oxidation sites excluding steroid dienone is 2. The fourth-order valence-corrected chi connectivity index (χ4v) is 2.70. The van der Waals surface area contributed by atoms with Gasteiger partial charge in [-0.3, -0.25) is 4.28 Å². The molecule has 0 atom stereocenters. The molecule has 1 heterocycles. The standard InChI is InChI=1S/C14H12N2O3S2/c1-10-3-5-11(6-4-10)12(9-15)13-7-8-14(20-13)16-19-21(2,17)18/h3-8H,1-2H3/b13-12-,16-14+. The predicted molar refractivity (Wildman–Crippen MR) is 83.8 cm³/mol. The van der Waals surface area contributed by atoms with Crippen LogP contribution in [0.5, 0.6) is 0 Å². The lowest BCUT2D eigenvalue weighted by atomic mass is 10.1. The van der Waals surface area contributed by atoms with Gasteiger partial charge in [-0.25, -0.2) is 0 Å². The van der Waals surface area contributed by atoms with E-state index in [0.717, 1.165) is 17.4 Å². The molecule has 1 aliphatic heterocycles. The van der Waals surface area contributed by atoms with Crippen LogP contribution in [-0.2, 0) is 14.4 Å². The molecule has 1 aliphatic rings. The summed E-state index contributed by atoms with van der Waals surface area (Å²) in [5.41, 5.74) is 2.43. The molecule has 5 nitrogen and oxygen atoms in total. The Kier molecular flexibility index (Phi) is 4.50. The van der Waals surface area contributed by atoms with Crippen LogP contribution in [0.3, 0.4) is 0 Å². The summed E-state index contributed by atoms with van der Waals surface area (Å²) in [5.74, 6) is 0. The van der Waals surface area contributed by atoms with Gasteiger partial charge in [0, 0.05) is 4.91 Å². The first kappa shape index (κ1) is 15.4. The molecule has 1 aromatic rings. The molecule has 108 valence electrons. The number of thioether (sulfide) groups is 1. The van der Waals surface area contributed by atoms with E-state index in [9.17, 15) is 13.7 Å². The molecule has 21 heavy (non-hydrogen) atoms. The van der Waals surface area contributed by atoms with Crippen LogP contribution in [0.4, 0.5) is 0 Å². The Labute approximate surface area is 127 Å². The Balaban J connectivity index is 2.27. The van der Waals surface area contributed by atoms with Gasteiger partial charge in [0.25, 0.3) is 0 Å². The van der Waals surface area contributed by atoms with E-state index < -0.39 is 10.1 Å². The van der Waals surface area contributed by atoms with Crippen molar-refractivity contribution in [1.29, 1.82) is 5.26 Å². The number of hydrogen-bond acceptors (Lipinski definition) is 6. The maximum absolute atomic E-state index is 10.9. The fraction of sp³-hybridized carbons (Fsp3) is 0.143. The third-order valence-electron chi connectivity index (χ3n) is 2.55. The average Bonchev–Trinajstić information content (AvgIpc) is 2.87. The van der Waals surface area contributed by atoms with Crippen molar-refractivity contribution in [3.8, 4) is 6.07 Å².